The van der Waals surface area contributed by atoms with Crippen LogP contribution < -0.4 is 20.7 Å². The number of hydrogen-bond acceptors (Lipinski definition) is 6. The second-order valence-electron chi connectivity index (χ2n) is 6.17. The molecule has 9 nitrogen and oxygen atoms in total. The summed E-state index contributed by atoms with van der Waals surface area (Å²) in [5, 5.41) is 7.01. The molecule has 0 aliphatic heterocycles. The number of rotatable bonds is 9. The summed E-state index contributed by atoms with van der Waals surface area (Å²) in [5.41, 5.74) is 0.357. The largest absolute Gasteiger partial charge is 0.494 e. The Hall–Kier alpha value is -3.10. The molecule has 1 aromatic carbocycles. The fraction of sp³-hybridized carbons (Fsp3) is 0.474. The van der Waals surface area contributed by atoms with E-state index in [9.17, 15) is 19.2 Å². The van der Waals surface area contributed by atoms with Gasteiger partial charge >= 0.3 is 12.0 Å². The zero-order valence-corrected chi connectivity index (χ0v) is 16.5. The molecular formula is C19H27N3O6. The van der Waals surface area contributed by atoms with Crippen molar-refractivity contribution in [3.05, 3.63) is 29.8 Å². The van der Waals surface area contributed by atoms with Crippen molar-refractivity contribution in [3.63, 3.8) is 0 Å². The molecule has 1 rings (SSSR count). The molecule has 0 saturated carbocycles. The molecule has 9 heteroatoms. The predicted octanol–water partition coefficient (Wildman–Crippen LogP) is 1.23. The van der Waals surface area contributed by atoms with Gasteiger partial charge in [-0.15, -0.1) is 0 Å². The van der Waals surface area contributed by atoms with Crippen LogP contribution in [-0.2, 0) is 14.3 Å². The van der Waals surface area contributed by atoms with E-state index in [4.69, 9.17) is 9.47 Å². The molecular weight excluding hydrogens is 366 g/mol. The topological polar surface area (TPSA) is 123 Å². The van der Waals surface area contributed by atoms with E-state index in [0.29, 0.717) is 24.5 Å². The summed E-state index contributed by atoms with van der Waals surface area (Å²) in [7, 11) is 0. The summed E-state index contributed by atoms with van der Waals surface area (Å²) >= 11 is 0. The molecule has 1 aromatic rings. The second-order valence-corrected chi connectivity index (χ2v) is 6.17. The highest BCUT2D eigenvalue weighted by molar-refractivity contribution is 5.98. The predicted molar refractivity (Wildman–Crippen MR) is 102 cm³/mol. The maximum atomic E-state index is 12.4. The Bertz CT molecular complexity index is 687. The normalized spacial score (nSPS) is 11.3. The van der Waals surface area contributed by atoms with E-state index in [2.05, 4.69) is 10.6 Å². The zero-order chi connectivity index (χ0) is 21.1. The molecule has 28 heavy (non-hydrogen) atoms. The molecule has 4 amide bonds. The van der Waals surface area contributed by atoms with E-state index in [0.717, 1.165) is 0 Å². The molecule has 1 atom stereocenters. The average molecular weight is 393 g/mol. The first-order valence-corrected chi connectivity index (χ1v) is 9.06. The number of benzene rings is 1. The Balaban J connectivity index is 2.63. The van der Waals surface area contributed by atoms with Gasteiger partial charge in [-0.25, -0.2) is 9.59 Å². The van der Waals surface area contributed by atoms with Crippen LogP contribution in [0.25, 0.3) is 0 Å². The smallest absolute Gasteiger partial charge is 0.329 e. The minimum Gasteiger partial charge on any atom is -0.494 e. The van der Waals surface area contributed by atoms with Gasteiger partial charge in [-0.1, -0.05) is 13.8 Å². The van der Waals surface area contributed by atoms with Crippen molar-refractivity contribution >= 4 is 23.8 Å². The highest BCUT2D eigenvalue weighted by Gasteiger charge is 2.27. The summed E-state index contributed by atoms with van der Waals surface area (Å²) in [6.07, 6.45) is 0. The number of ether oxygens (including phenoxy) is 2. The summed E-state index contributed by atoms with van der Waals surface area (Å²) < 4.78 is 10.3. The van der Waals surface area contributed by atoms with Crippen LogP contribution in [0.2, 0.25) is 0 Å². The lowest BCUT2D eigenvalue weighted by molar-refractivity contribution is -0.151. The van der Waals surface area contributed by atoms with Crippen molar-refractivity contribution in [2.75, 3.05) is 19.8 Å². The van der Waals surface area contributed by atoms with Gasteiger partial charge in [0.25, 0.3) is 11.8 Å². The monoisotopic (exact) mass is 393 g/mol. The first kappa shape index (κ1) is 22.9. The Morgan fingerprint density at radius 1 is 1.04 bits per heavy atom. The summed E-state index contributed by atoms with van der Waals surface area (Å²) in [4.78, 5) is 47.5. The minimum atomic E-state index is -0.948. The third-order valence-electron chi connectivity index (χ3n) is 3.57. The van der Waals surface area contributed by atoms with E-state index < -0.39 is 36.5 Å². The average Bonchev–Trinajstić information content (AvgIpc) is 2.64. The lowest BCUT2D eigenvalue weighted by atomic mass is 10.0. The SMILES string of the molecule is CCNC(=O)NC(=O)COC(=O)[C@@H](NC(=O)c1ccc(OCC)cc1)C(C)C. The number of imide groups is 1. The zero-order valence-electron chi connectivity index (χ0n) is 16.5. The number of esters is 1. The first-order valence-electron chi connectivity index (χ1n) is 9.06. The van der Waals surface area contributed by atoms with E-state index in [1.54, 1.807) is 45.0 Å². The second kappa shape index (κ2) is 11.6. The molecule has 0 aromatic heterocycles. The van der Waals surface area contributed by atoms with Crippen molar-refractivity contribution in [3.8, 4) is 5.75 Å². The lowest BCUT2D eigenvalue weighted by Gasteiger charge is -2.20. The molecule has 0 aliphatic carbocycles. The first-order chi connectivity index (χ1) is 13.3. The molecule has 0 heterocycles. The van der Waals surface area contributed by atoms with Crippen LogP contribution in [0.1, 0.15) is 38.1 Å². The molecule has 0 fully saturated rings. The van der Waals surface area contributed by atoms with Gasteiger partial charge in [-0.2, -0.15) is 0 Å². The van der Waals surface area contributed by atoms with Crippen molar-refractivity contribution in [1.82, 2.24) is 16.0 Å². The highest BCUT2D eigenvalue weighted by Crippen LogP contribution is 2.13. The quantitative estimate of drug-likeness (QED) is 0.542. The van der Waals surface area contributed by atoms with Gasteiger partial charge in [-0.3, -0.25) is 14.9 Å². The highest BCUT2D eigenvalue weighted by atomic mass is 16.5. The van der Waals surface area contributed by atoms with Crippen LogP contribution >= 0.6 is 0 Å². The molecule has 3 N–H and O–H groups in total. The Morgan fingerprint density at radius 2 is 1.68 bits per heavy atom. The van der Waals surface area contributed by atoms with Crippen LogP contribution in [0.4, 0.5) is 4.79 Å². The third-order valence-corrected chi connectivity index (χ3v) is 3.57. The fourth-order valence-electron chi connectivity index (χ4n) is 2.19. The van der Waals surface area contributed by atoms with Gasteiger partial charge in [-0.05, 0) is 44.0 Å². The number of amides is 4. The standard InChI is InChI=1S/C19H27N3O6/c1-5-20-19(26)21-15(23)11-28-18(25)16(12(3)4)22-17(24)13-7-9-14(10-8-13)27-6-2/h7-10,12,16H,5-6,11H2,1-4H3,(H,22,24)(H2,20,21,23,26)/t16-/m0/s1. The van der Waals surface area contributed by atoms with E-state index in [1.807, 2.05) is 12.2 Å². The molecule has 0 bridgehead atoms. The Labute approximate surface area is 164 Å². The molecule has 154 valence electrons. The molecule has 0 aliphatic rings. The maximum absolute atomic E-state index is 12.4. The number of carbonyl (C=O) groups excluding carboxylic acids is 4. The van der Waals surface area contributed by atoms with E-state index in [1.165, 1.54) is 0 Å². The van der Waals surface area contributed by atoms with Crippen LogP contribution in [0.5, 0.6) is 5.75 Å². The lowest BCUT2D eigenvalue weighted by Crippen LogP contribution is -2.47. The molecule has 0 saturated heterocycles. The van der Waals surface area contributed by atoms with Gasteiger partial charge in [0, 0.05) is 12.1 Å². The van der Waals surface area contributed by atoms with Gasteiger partial charge in [0.2, 0.25) is 0 Å². The molecule has 0 unspecified atom stereocenters. The summed E-state index contributed by atoms with van der Waals surface area (Å²) in [5.74, 6) is -1.62. The minimum absolute atomic E-state index is 0.273. The fourth-order valence-corrected chi connectivity index (χ4v) is 2.19. The number of urea groups is 1. The van der Waals surface area contributed by atoms with Crippen molar-refractivity contribution in [2.24, 2.45) is 5.92 Å². The van der Waals surface area contributed by atoms with Gasteiger partial charge in [0.05, 0.1) is 6.61 Å². The Morgan fingerprint density at radius 3 is 2.21 bits per heavy atom. The van der Waals surface area contributed by atoms with Crippen LogP contribution in [0.3, 0.4) is 0 Å². The van der Waals surface area contributed by atoms with Crippen LogP contribution in [0, 0.1) is 5.92 Å². The van der Waals surface area contributed by atoms with Gasteiger partial charge in [0.15, 0.2) is 6.61 Å². The summed E-state index contributed by atoms with van der Waals surface area (Å²) in [6.45, 7) is 7.27. The van der Waals surface area contributed by atoms with Gasteiger partial charge < -0.3 is 20.1 Å². The number of carbonyl (C=O) groups is 4. The Kier molecular flexibility index (Phi) is 9.49. The summed E-state index contributed by atoms with van der Waals surface area (Å²) in [6, 6.07) is 4.87. The van der Waals surface area contributed by atoms with E-state index in [-0.39, 0.29) is 5.92 Å². The van der Waals surface area contributed by atoms with E-state index >= 15 is 0 Å². The van der Waals surface area contributed by atoms with Crippen LogP contribution in [-0.4, -0.2) is 49.6 Å². The maximum Gasteiger partial charge on any atom is 0.329 e. The van der Waals surface area contributed by atoms with Crippen molar-refractivity contribution in [1.29, 1.82) is 0 Å². The number of nitrogens with one attached hydrogen (secondary N) is 3. The third kappa shape index (κ3) is 7.65. The number of hydrogen-bond donors (Lipinski definition) is 3. The van der Waals surface area contributed by atoms with Crippen molar-refractivity contribution in [2.45, 2.75) is 33.7 Å². The van der Waals surface area contributed by atoms with Crippen LogP contribution in [0.15, 0.2) is 24.3 Å². The van der Waals surface area contributed by atoms with Gasteiger partial charge in [0.1, 0.15) is 11.8 Å². The molecule has 0 radical (unpaired) electrons. The van der Waals surface area contributed by atoms with Crippen molar-refractivity contribution < 1.29 is 28.7 Å². The molecule has 0 spiro atoms.